The lowest BCUT2D eigenvalue weighted by Crippen LogP contribution is -2.56. The summed E-state index contributed by atoms with van der Waals surface area (Å²) >= 11 is 1.24. The molecule has 1 aliphatic rings. The first-order valence-corrected chi connectivity index (χ1v) is 11.6. The highest BCUT2D eigenvalue weighted by atomic mass is 32.1. The SMILES string of the molecule is Cc1csc(C(=O)NCCO)c1NC(=O)C[N+]1(CC(=O)Nc2ccon2)CCCCCC1. The number of aliphatic hydroxyl groups is 1. The number of quaternary nitrogens is 1. The Morgan fingerprint density at radius 3 is 2.44 bits per heavy atom. The van der Waals surface area contributed by atoms with E-state index in [0.717, 1.165) is 44.3 Å². The van der Waals surface area contributed by atoms with E-state index in [0.29, 0.717) is 20.9 Å². The molecule has 2 aromatic heterocycles. The van der Waals surface area contributed by atoms with Crippen molar-refractivity contribution >= 4 is 40.6 Å². The van der Waals surface area contributed by atoms with Crippen LogP contribution in [0.25, 0.3) is 0 Å². The number of likely N-dealkylation sites (tertiary alicyclic amines) is 1. The first-order valence-electron chi connectivity index (χ1n) is 10.7. The van der Waals surface area contributed by atoms with Crippen LogP contribution < -0.4 is 16.0 Å². The summed E-state index contributed by atoms with van der Waals surface area (Å²) < 4.78 is 5.11. The molecule has 4 N–H and O–H groups in total. The van der Waals surface area contributed by atoms with Gasteiger partial charge in [-0.05, 0) is 43.6 Å². The molecule has 1 fully saturated rings. The molecule has 32 heavy (non-hydrogen) atoms. The zero-order valence-corrected chi connectivity index (χ0v) is 19.0. The molecule has 3 amide bonds. The van der Waals surface area contributed by atoms with Crippen molar-refractivity contribution in [1.82, 2.24) is 10.5 Å². The average molecular weight is 465 g/mol. The van der Waals surface area contributed by atoms with Gasteiger partial charge in [-0.1, -0.05) is 5.16 Å². The fraction of sp³-hybridized carbons (Fsp3) is 0.524. The Morgan fingerprint density at radius 1 is 1.12 bits per heavy atom. The van der Waals surface area contributed by atoms with Crippen LogP contribution in [0.15, 0.2) is 22.2 Å². The number of aliphatic hydroxyl groups excluding tert-OH is 1. The summed E-state index contributed by atoms with van der Waals surface area (Å²) in [5, 5.41) is 22.7. The van der Waals surface area contributed by atoms with Gasteiger partial charge in [0.25, 0.3) is 17.7 Å². The molecule has 0 aliphatic carbocycles. The average Bonchev–Trinajstić information content (AvgIpc) is 3.32. The molecule has 0 saturated carbocycles. The molecule has 0 unspecified atom stereocenters. The maximum absolute atomic E-state index is 13.1. The molecule has 1 aliphatic heterocycles. The van der Waals surface area contributed by atoms with Gasteiger partial charge in [0.2, 0.25) is 0 Å². The van der Waals surface area contributed by atoms with Crippen molar-refractivity contribution in [3.05, 3.63) is 28.2 Å². The topological polar surface area (TPSA) is 134 Å². The smallest absolute Gasteiger partial charge is 0.280 e. The predicted molar refractivity (Wildman–Crippen MR) is 120 cm³/mol. The number of nitrogens with zero attached hydrogens (tertiary/aromatic N) is 2. The number of nitrogens with one attached hydrogen (secondary N) is 3. The lowest BCUT2D eigenvalue weighted by Gasteiger charge is -2.36. The highest BCUT2D eigenvalue weighted by Crippen LogP contribution is 2.28. The molecule has 0 aromatic carbocycles. The van der Waals surface area contributed by atoms with Gasteiger partial charge < -0.3 is 30.1 Å². The van der Waals surface area contributed by atoms with Gasteiger partial charge in [0.05, 0.1) is 25.4 Å². The largest absolute Gasteiger partial charge is 0.395 e. The summed E-state index contributed by atoms with van der Waals surface area (Å²) in [7, 11) is 0. The monoisotopic (exact) mass is 464 g/mol. The first-order chi connectivity index (χ1) is 15.4. The van der Waals surface area contributed by atoms with Crippen LogP contribution in [0.5, 0.6) is 0 Å². The number of carbonyl (C=O) groups is 3. The molecule has 3 heterocycles. The maximum Gasteiger partial charge on any atom is 0.280 e. The molecule has 174 valence electrons. The van der Waals surface area contributed by atoms with Crippen LogP contribution in [0.3, 0.4) is 0 Å². The molecule has 1 saturated heterocycles. The molecule has 11 heteroatoms. The van der Waals surface area contributed by atoms with Gasteiger partial charge >= 0.3 is 0 Å². The van der Waals surface area contributed by atoms with E-state index in [9.17, 15) is 14.4 Å². The fourth-order valence-electron chi connectivity index (χ4n) is 4.00. The molecule has 0 radical (unpaired) electrons. The number of aryl methyl sites for hydroxylation is 1. The van der Waals surface area contributed by atoms with Crippen LogP contribution in [0.1, 0.15) is 40.9 Å². The van der Waals surface area contributed by atoms with Gasteiger partial charge in [-0.15, -0.1) is 11.3 Å². The second-order valence-electron chi connectivity index (χ2n) is 8.10. The third-order valence-corrected chi connectivity index (χ3v) is 6.62. The zero-order valence-electron chi connectivity index (χ0n) is 18.2. The third kappa shape index (κ3) is 6.38. The first kappa shape index (κ1) is 23.9. The fourth-order valence-corrected chi connectivity index (χ4v) is 4.92. The van der Waals surface area contributed by atoms with Crippen molar-refractivity contribution < 1.29 is 28.5 Å². The summed E-state index contributed by atoms with van der Waals surface area (Å²) in [6.07, 6.45) is 5.42. The van der Waals surface area contributed by atoms with Crippen LogP contribution >= 0.6 is 11.3 Å². The van der Waals surface area contributed by atoms with Crippen LogP contribution in [0.4, 0.5) is 11.5 Å². The van der Waals surface area contributed by atoms with E-state index in [1.807, 2.05) is 12.3 Å². The number of hydrogen-bond donors (Lipinski definition) is 4. The summed E-state index contributed by atoms with van der Waals surface area (Å²) in [5.41, 5.74) is 1.28. The number of hydrogen-bond acceptors (Lipinski definition) is 7. The van der Waals surface area contributed by atoms with Gasteiger partial charge in [-0.3, -0.25) is 14.4 Å². The van der Waals surface area contributed by atoms with Crippen molar-refractivity contribution in [2.45, 2.75) is 32.6 Å². The van der Waals surface area contributed by atoms with E-state index in [2.05, 4.69) is 21.1 Å². The Bertz CT molecular complexity index is 919. The third-order valence-electron chi connectivity index (χ3n) is 5.52. The van der Waals surface area contributed by atoms with Gasteiger partial charge in [0.15, 0.2) is 18.9 Å². The Labute approximate surface area is 190 Å². The van der Waals surface area contributed by atoms with Crippen molar-refractivity contribution in [2.24, 2.45) is 0 Å². The molecule has 0 spiro atoms. The maximum atomic E-state index is 13.1. The minimum atomic E-state index is -0.335. The van der Waals surface area contributed by atoms with E-state index in [1.165, 1.54) is 17.6 Å². The lowest BCUT2D eigenvalue weighted by atomic mass is 10.2. The van der Waals surface area contributed by atoms with Crippen molar-refractivity contribution in [3.8, 4) is 0 Å². The molecular formula is C21H30N5O5S+. The molecule has 10 nitrogen and oxygen atoms in total. The summed E-state index contributed by atoms with van der Waals surface area (Å²) in [5.74, 6) is -0.443. The van der Waals surface area contributed by atoms with Crippen molar-refractivity contribution in [2.75, 3.05) is 50.0 Å². The van der Waals surface area contributed by atoms with Gasteiger partial charge in [-0.25, -0.2) is 0 Å². The van der Waals surface area contributed by atoms with Crippen LogP contribution in [-0.2, 0) is 9.59 Å². The van der Waals surface area contributed by atoms with Crippen LogP contribution in [-0.4, -0.2) is 71.8 Å². The van der Waals surface area contributed by atoms with Crippen LogP contribution in [0, 0.1) is 6.92 Å². The van der Waals surface area contributed by atoms with E-state index in [4.69, 9.17) is 9.63 Å². The molecule has 2 aromatic rings. The quantitative estimate of drug-likeness (QED) is 0.418. The molecule has 0 atom stereocenters. The van der Waals surface area contributed by atoms with E-state index in [-0.39, 0.29) is 44.0 Å². The predicted octanol–water partition coefficient (Wildman–Crippen LogP) is 1.73. The number of aromatic nitrogens is 1. The Hall–Kier alpha value is -2.76. The van der Waals surface area contributed by atoms with Crippen molar-refractivity contribution in [3.63, 3.8) is 0 Å². The zero-order chi connectivity index (χ0) is 23.0. The Morgan fingerprint density at radius 2 is 1.81 bits per heavy atom. The summed E-state index contributed by atoms with van der Waals surface area (Å²) in [6, 6.07) is 1.57. The van der Waals surface area contributed by atoms with Gasteiger partial charge in [0, 0.05) is 12.6 Å². The standard InChI is InChI=1S/C21H29N5O5S/c1-15-14-32-20(21(30)22-7-10-27)19(15)24-18(29)13-26(8-4-2-3-5-9-26)12-17(28)23-16-6-11-31-25-16/h6,11,14,27H,2-5,7-10,12-13H2,1H3,(H2-,22,23,24,25,28,29,30)/p+1. The Kier molecular flexibility index (Phi) is 8.37. The van der Waals surface area contributed by atoms with E-state index >= 15 is 0 Å². The highest BCUT2D eigenvalue weighted by Gasteiger charge is 2.34. The van der Waals surface area contributed by atoms with Gasteiger partial charge in [0.1, 0.15) is 11.1 Å². The highest BCUT2D eigenvalue weighted by molar-refractivity contribution is 7.13. The number of rotatable bonds is 9. The molecular weight excluding hydrogens is 434 g/mol. The minimum absolute atomic E-state index is 0.138. The number of amides is 3. The van der Waals surface area contributed by atoms with Crippen LogP contribution in [0.2, 0.25) is 0 Å². The number of anilines is 2. The van der Waals surface area contributed by atoms with E-state index < -0.39 is 0 Å². The minimum Gasteiger partial charge on any atom is -0.395 e. The second-order valence-corrected chi connectivity index (χ2v) is 8.98. The van der Waals surface area contributed by atoms with Gasteiger partial charge in [-0.2, -0.15) is 0 Å². The number of carbonyl (C=O) groups excluding carboxylic acids is 3. The van der Waals surface area contributed by atoms with E-state index in [1.54, 1.807) is 6.07 Å². The Balaban J connectivity index is 1.71. The summed E-state index contributed by atoms with van der Waals surface area (Å²) in [6.45, 7) is 3.57. The molecule has 0 bridgehead atoms. The normalized spacial score (nSPS) is 15.6. The second kappa shape index (κ2) is 11.2. The molecule has 3 rings (SSSR count). The van der Waals surface area contributed by atoms with Crippen molar-refractivity contribution in [1.29, 1.82) is 0 Å². The summed E-state index contributed by atoms with van der Waals surface area (Å²) in [4.78, 5) is 38.5. The number of thiophene rings is 1. The lowest BCUT2D eigenvalue weighted by molar-refractivity contribution is -0.912.